The highest BCUT2D eigenvalue weighted by atomic mass is 32.2. The molecule has 0 bridgehead atoms. The second-order valence-corrected chi connectivity index (χ2v) is 11.1. The fourth-order valence-corrected chi connectivity index (χ4v) is 6.70. The molecule has 0 aliphatic carbocycles. The van der Waals surface area contributed by atoms with E-state index in [1.165, 1.54) is 0 Å². The van der Waals surface area contributed by atoms with Gasteiger partial charge in [-0.3, -0.25) is 4.79 Å². The summed E-state index contributed by atoms with van der Waals surface area (Å²) in [5.74, 6) is 1.35. The Morgan fingerprint density at radius 1 is 1.32 bits per heavy atom. The van der Waals surface area contributed by atoms with Gasteiger partial charge in [0.15, 0.2) is 9.84 Å². The van der Waals surface area contributed by atoms with Crippen LogP contribution < -0.4 is 0 Å². The van der Waals surface area contributed by atoms with Gasteiger partial charge in [0.2, 0.25) is 5.91 Å². The third-order valence-corrected chi connectivity index (χ3v) is 8.30. The zero-order chi connectivity index (χ0) is 19.7. The maximum Gasteiger partial charge on any atom is 0.222 e. The molecule has 0 radical (unpaired) electrons. The van der Waals surface area contributed by atoms with Gasteiger partial charge in [-0.15, -0.1) is 11.3 Å². The largest absolute Gasteiger partial charge is 0.342 e. The fourth-order valence-electron chi connectivity index (χ4n) is 4.15. The molecular formula is C20H25N3O3S2. The van der Waals surface area contributed by atoms with Crippen molar-refractivity contribution in [2.45, 2.75) is 38.5 Å². The highest BCUT2D eigenvalue weighted by Crippen LogP contribution is 2.30. The van der Waals surface area contributed by atoms with Crippen LogP contribution in [0.15, 0.2) is 23.6 Å². The van der Waals surface area contributed by atoms with E-state index in [0.717, 1.165) is 41.5 Å². The summed E-state index contributed by atoms with van der Waals surface area (Å²) in [6, 6.07) is 6.07. The first-order valence-corrected chi connectivity index (χ1v) is 12.5. The van der Waals surface area contributed by atoms with E-state index in [1.807, 2.05) is 29.3 Å². The maximum absolute atomic E-state index is 12.8. The lowest BCUT2D eigenvalue weighted by Crippen LogP contribution is -2.40. The molecule has 2 fully saturated rings. The van der Waals surface area contributed by atoms with Crippen LogP contribution in [0.1, 0.15) is 43.1 Å². The number of rotatable bonds is 4. The number of sulfone groups is 1. The van der Waals surface area contributed by atoms with Crippen molar-refractivity contribution in [3.05, 3.63) is 35.1 Å². The van der Waals surface area contributed by atoms with Crippen molar-refractivity contribution in [1.29, 1.82) is 0 Å². The quantitative estimate of drug-likeness (QED) is 0.761. The Bertz CT molecular complexity index is 957. The molecule has 28 heavy (non-hydrogen) atoms. The van der Waals surface area contributed by atoms with Crippen molar-refractivity contribution in [3.63, 3.8) is 0 Å². The van der Waals surface area contributed by atoms with Gasteiger partial charge >= 0.3 is 0 Å². The van der Waals surface area contributed by atoms with Crippen LogP contribution in [0.4, 0.5) is 0 Å². The normalized spacial score (nSPS) is 24.4. The van der Waals surface area contributed by atoms with Gasteiger partial charge in [-0.1, -0.05) is 6.07 Å². The molecule has 0 saturated carbocycles. The highest BCUT2D eigenvalue weighted by molar-refractivity contribution is 7.91. The van der Waals surface area contributed by atoms with Crippen LogP contribution in [-0.2, 0) is 14.6 Å². The van der Waals surface area contributed by atoms with Crippen molar-refractivity contribution >= 4 is 27.1 Å². The van der Waals surface area contributed by atoms with Crippen LogP contribution >= 0.6 is 11.3 Å². The second kappa shape index (κ2) is 7.91. The Balaban J connectivity index is 1.46. The summed E-state index contributed by atoms with van der Waals surface area (Å²) in [5, 5.41) is 2.04. The number of piperidine rings is 1. The molecule has 2 aliphatic heterocycles. The summed E-state index contributed by atoms with van der Waals surface area (Å²) in [6.07, 6.45) is 2.83. The standard InChI is InChI=1S/C20H25N3O3S2/c1-14-10-17(18-5-3-8-27-18)22-20(21-14)16-4-2-7-23(12-16)19(24)11-15-6-9-28(25,26)13-15/h3,5,8,10,15-16H,2,4,6-7,9,11-13H2,1H3/t15-,16-/m1/s1. The Hall–Kier alpha value is -1.80. The lowest BCUT2D eigenvalue weighted by molar-refractivity contribution is -0.133. The van der Waals surface area contributed by atoms with Crippen LogP contribution in [-0.4, -0.2) is 53.8 Å². The minimum atomic E-state index is -2.95. The van der Waals surface area contributed by atoms with Crippen molar-refractivity contribution in [1.82, 2.24) is 14.9 Å². The minimum Gasteiger partial charge on any atom is -0.342 e. The number of nitrogens with zero attached hydrogens (tertiary/aromatic N) is 3. The Morgan fingerprint density at radius 2 is 2.18 bits per heavy atom. The average Bonchev–Trinajstić information content (AvgIpc) is 3.31. The third-order valence-electron chi connectivity index (χ3n) is 5.57. The van der Waals surface area contributed by atoms with E-state index in [2.05, 4.69) is 11.1 Å². The summed E-state index contributed by atoms with van der Waals surface area (Å²) in [4.78, 5) is 25.2. The molecule has 0 unspecified atom stereocenters. The van der Waals surface area contributed by atoms with Crippen LogP contribution in [0.25, 0.3) is 10.6 Å². The first-order valence-electron chi connectivity index (χ1n) is 9.77. The average molecular weight is 420 g/mol. The van der Waals surface area contributed by atoms with Crippen molar-refractivity contribution in [2.24, 2.45) is 5.92 Å². The molecule has 2 saturated heterocycles. The molecule has 0 aromatic carbocycles. The van der Waals surface area contributed by atoms with E-state index >= 15 is 0 Å². The summed E-state index contributed by atoms with van der Waals surface area (Å²) in [5.41, 5.74) is 1.88. The first kappa shape index (κ1) is 19.5. The Labute approximate surface area is 169 Å². The van der Waals surface area contributed by atoms with E-state index in [9.17, 15) is 13.2 Å². The molecule has 4 rings (SSSR count). The molecule has 2 aliphatic rings. The molecule has 6 nitrogen and oxygen atoms in total. The summed E-state index contributed by atoms with van der Waals surface area (Å²) < 4.78 is 23.3. The summed E-state index contributed by atoms with van der Waals surface area (Å²) >= 11 is 1.66. The lowest BCUT2D eigenvalue weighted by atomic mass is 9.95. The fraction of sp³-hybridized carbons (Fsp3) is 0.550. The van der Waals surface area contributed by atoms with Gasteiger partial charge in [-0.25, -0.2) is 18.4 Å². The summed E-state index contributed by atoms with van der Waals surface area (Å²) in [7, 11) is -2.95. The molecule has 4 heterocycles. The lowest BCUT2D eigenvalue weighted by Gasteiger charge is -2.32. The third kappa shape index (κ3) is 4.43. The predicted octanol–water partition coefficient (Wildman–Crippen LogP) is 3.04. The Morgan fingerprint density at radius 3 is 2.89 bits per heavy atom. The topological polar surface area (TPSA) is 80.2 Å². The minimum absolute atomic E-state index is 0.0291. The number of likely N-dealkylation sites (tertiary alicyclic amines) is 1. The van der Waals surface area contributed by atoms with Crippen molar-refractivity contribution in [2.75, 3.05) is 24.6 Å². The van der Waals surface area contributed by atoms with Crippen LogP contribution in [0, 0.1) is 12.8 Å². The number of carbonyl (C=O) groups excluding carboxylic acids is 1. The molecule has 2 aromatic heterocycles. The zero-order valence-electron chi connectivity index (χ0n) is 16.0. The molecule has 0 spiro atoms. The molecule has 150 valence electrons. The zero-order valence-corrected chi connectivity index (χ0v) is 17.6. The molecular weight excluding hydrogens is 394 g/mol. The van der Waals surface area contributed by atoms with Gasteiger partial charge in [-0.05, 0) is 49.6 Å². The van der Waals surface area contributed by atoms with Crippen molar-refractivity contribution in [3.8, 4) is 10.6 Å². The van der Waals surface area contributed by atoms with E-state index in [4.69, 9.17) is 4.98 Å². The van der Waals surface area contributed by atoms with E-state index in [-0.39, 0.29) is 29.2 Å². The summed E-state index contributed by atoms with van der Waals surface area (Å²) in [6.45, 7) is 3.33. The number of aromatic nitrogens is 2. The van der Waals surface area contributed by atoms with Gasteiger partial charge in [0.25, 0.3) is 0 Å². The molecule has 1 amide bonds. The number of amides is 1. The monoisotopic (exact) mass is 419 g/mol. The Kier molecular flexibility index (Phi) is 5.51. The van der Waals surface area contributed by atoms with Gasteiger partial charge in [0, 0.05) is 31.1 Å². The smallest absolute Gasteiger partial charge is 0.222 e. The van der Waals surface area contributed by atoms with E-state index < -0.39 is 9.84 Å². The first-order chi connectivity index (χ1) is 13.4. The van der Waals surface area contributed by atoms with Gasteiger partial charge in [-0.2, -0.15) is 0 Å². The SMILES string of the molecule is Cc1cc(-c2cccs2)nc([C@@H]2CCCN(C(=O)C[C@H]3CCS(=O)(=O)C3)C2)n1. The molecule has 8 heteroatoms. The van der Waals surface area contributed by atoms with Gasteiger partial charge in [0.1, 0.15) is 5.82 Å². The molecule has 2 atom stereocenters. The maximum atomic E-state index is 12.8. The highest BCUT2D eigenvalue weighted by Gasteiger charge is 2.32. The number of aryl methyl sites for hydroxylation is 1. The number of hydrogen-bond donors (Lipinski definition) is 0. The van der Waals surface area contributed by atoms with Crippen LogP contribution in [0.5, 0.6) is 0 Å². The van der Waals surface area contributed by atoms with Crippen LogP contribution in [0.2, 0.25) is 0 Å². The van der Waals surface area contributed by atoms with E-state index in [0.29, 0.717) is 19.4 Å². The van der Waals surface area contributed by atoms with Gasteiger partial charge in [0.05, 0.1) is 22.1 Å². The number of carbonyl (C=O) groups is 1. The second-order valence-electron chi connectivity index (χ2n) is 7.88. The van der Waals surface area contributed by atoms with Gasteiger partial charge < -0.3 is 4.90 Å². The molecule has 0 N–H and O–H groups in total. The number of hydrogen-bond acceptors (Lipinski definition) is 6. The number of thiophene rings is 1. The van der Waals surface area contributed by atoms with E-state index in [1.54, 1.807) is 11.3 Å². The predicted molar refractivity (Wildman–Crippen MR) is 110 cm³/mol. The molecule has 2 aromatic rings. The van der Waals surface area contributed by atoms with Crippen molar-refractivity contribution < 1.29 is 13.2 Å². The van der Waals surface area contributed by atoms with Crippen LogP contribution in [0.3, 0.4) is 0 Å².